The van der Waals surface area contributed by atoms with Crippen LogP contribution in [0.5, 0.6) is 0 Å². The Morgan fingerprint density at radius 2 is 2.11 bits per heavy atom. The summed E-state index contributed by atoms with van der Waals surface area (Å²) in [5.74, 6) is 0.509. The van der Waals surface area contributed by atoms with Crippen LogP contribution in [0.2, 0.25) is 0 Å². The fourth-order valence-corrected chi connectivity index (χ4v) is 5.25. The van der Waals surface area contributed by atoms with Gasteiger partial charge in [0.25, 0.3) is 0 Å². The van der Waals surface area contributed by atoms with E-state index in [9.17, 15) is 4.79 Å². The van der Waals surface area contributed by atoms with Crippen molar-refractivity contribution in [2.24, 2.45) is 0 Å². The molecule has 1 saturated carbocycles. The average Bonchev–Trinajstić information content (AvgIpc) is 3.06. The maximum atomic E-state index is 11.5. The molecule has 2 rings (SSSR count). The first-order chi connectivity index (χ1) is 9.28. The van der Waals surface area contributed by atoms with Gasteiger partial charge in [0.05, 0.1) is 5.75 Å². The van der Waals surface area contributed by atoms with Crippen molar-refractivity contribution in [3.63, 3.8) is 0 Å². The van der Waals surface area contributed by atoms with Gasteiger partial charge in [-0.25, -0.2) is 0 Å². The zero-order valence-electron chi connectivity index (χ0n) is 11.1. The first-order valence-corrected chi connectivity index (χ1v) is 9.35. The van der Waals surface area contributed by atoms with Crippen LogP contribution in [-0.2, 0) is 4.79 Å². The van der Waals surface area contributed by atoms with Crippen LogP contribution in [0.3, 0.4) is 0 Å². The van der Waals surface area contributed by atoms with Gasteiger partial charge in [-0.1, -0.05) is 54.6 Å². The minimum Gasteiger partial charge on any atom is -0.355 e. The number of nitrogens with one attached hydrogen (secondary N) is 1. The van der Waals surface area contributed by atoms with Crippen molar-refractivity contribution in [1.29, 1.82) is 0 Å². The van der Waals surface area contributed by atoms with Crippen LogP contribution in [0.4, 0.5) is 0 Å². The summed E-state index contributed by atoms with van der Waals surface area (Å²) < 4.78 is 1.94. The first-order valence-electron chi connectivity index (χ1n) is 6.67. The molecule has 1 aliphatic carbocycles. The Morgan fingerprint density at radius 3 is 2.84 bits per heavy atom. The highest BCUT2D eigenvalue weighted by Gasteiger charge is 2.18. The molecule has 0 bridgehead atoms. The Hall–Kier alpha value is -0.270. The standard InChI is InChI=1S/C12H19N3OS3/c1-2-7-13-10(16)8-17-11-14-15-12(19-11)18-9-5-3-4-6-9/h9H,2-8H2,1H3,(H,13,16). The zero-order valence-corrected chi connectivity index (χ0v) is 13.5. The van der Waals surface area contributed by atoms with E-state index in [-0.39, 0.29) is 5.91 Å². The summed E-state index contributed by atoms with van der Waals surface area (Å²) in [6.07, 6.45) is 6.25. The third kappa shape index (κ3) is 5.31. The van der Waals surface area contributed by atoms with E-state index in [2.05, 4.69) is 15.5 Å². The Kier molecular flexibility index (Phi) is 6.46. The lowest BCUT2D eigenvalue weighted by Gasteiger charge is -2.03. The fraction of sp³-hybridized carbons (Fsp3) is 0.750. The smallest absolute Gasteiger partial charge is 0.230 e. The highest BCUT2D eigenvalue weighted by molar-refractivity contribution is 8.03. The highest BCUT2D eigenvalue weighted by Crippen LogP contribution is 2.37. The summed E-state index contributed by atoms with van der Waals surface area (Å²) in [6.45, 7) is 2.79. The molecule has 7 heteroatoms. The van der Waals surface area contributed by atoms with Gasteiger partial charge in [-0.2, -0.15) is 0 Å². The first kappa shape index (κ1) is 15.1. The van der Waals surface area contributed by atoms with Crippen molar-refractivity contribution in [2.75, 3.05) is 12.3 Å². The maximum Gasteiger partial charge on any atom is 0.230 e. The largest absolute Gasteiger partial charge is 0.355 e. The number of aromatic nitrogens is 2. The molecule has 0 saturated heterocycles. The van der Waals surface area contributed by atoms with Crippen LogP contribution in [-0.4, -0.2) is 33.7 Å². The number of amides is 1. The van der Waals surface area contributed by atoms with Crippen molar-refractivity contribution in [3.8, 4) is 0 Å². The second-order valence-electron chi connectivity index (χ2n) is 4.50. The SMILES string of the molecule is CCCNC(=O)CSc1nnc(SC2CCCC2)s1. The molecular formula is C12H19N3OS3. The van der Waals surface area contributed by atoms with Crippen molar-refractivity contribution in [1.82, 2.24) is 15.5 Å². The predicted molar refractivity (Wildman–Crippen MR) is 82.0 cm³/mol. The van der Waals surface area contributed by atoms with Gasteiger partial charge in [0.15, 0.2) is 8.68 Å². The normalized spacial score (nSPS) is 15.8. The molecule has 106 valence electrons. The summed E-state index contributed by atoms with van der Waals surface area (Å²) in [5, 5.41) is 11.9. The predicted octanol–water partition coefficient (Wildman–Crippen LogP) is 3.19. The van der Waals surface area contributed by atoms with E-state index >= 15 is 0 Å². The molecule has 0 atom stereocenters. The molecule has 1 aromatic heterocycles. The summed E-state index contributed by atoms with van der Waals surface area (Å²) in [7, 11) is 0. The second-order valence-corrected chi connectivity index (χ2v) is 8.24. The zero-order chi connectivity index (χ0) is 13.5. The minimum atomic E-state index is 0.0760. The molecule has 0 spiro atoms. The molecule has 1 N–H and O–H groups in total. The van der Waals surface area contributed by atoms with Crippen LogP contribution in [0, 0.1) is 0 Å². The van der Waals surface area contributed by atoms with Crippen LogP contribution < -0.4 is 5.32 Å². The van der Waals surface area contributed by atoms with E-state index in [1.54, 1.807) is 11.3 Å². The van der Waals surface area contributed by atoms with Gasteiger partial charge >= 0.3 is 0 Å². The number of hydrogen-bond donors (Lipinski definition) is 1. The number of carbonyl (C=O) groups is 1. The number of carbonyl (C=O) groups excluding carboxylic acids is 1. The van der Waals surface area contributed by atoms with Gasteiger partial charge in [-0.3, -0.25) is 4.79 Å². The molecule has 1 aliphatic rings. The number of rotatable bonds is 7. The van der Waals surface area contributed by atoms with Crippen molar-refractivity contribution in [2.45, 2.75) is 53.0 Å². The Balaban J connectivity index is 1.72. The van der Waals surface area contributed by atoms with E-state index in [0.717, 1.165) is 26.9 Å². The highest BCUT2D eigenvalue weighted by atomic mass is 32.2. The molecule has 19 heavy (non-hydrogen) atoms. The van der Waals surface area contributed by atoms with E-state index in [1.807, 2.05) is 18.7 Å². The van der Waals surface area contributed by atoms with Gasteiger partial charge in [0.2, 0.25) is 5.91 Å². The summed E-state index contributed by atoms with van der Waals surface area (Å²) in [4.78, 5) is 11.5. The molecule has 1 aromatic rings. The Labute approximate surface area is 126 Å². The van der Waals surface area contributed by atoms with Gasteiger partial charge < -0.3 is 5.32 Å². The fourth-order valence-electron chi connectivity index (χ4n) is 1.89. The summed E-state index contributed by atoms with van der Waals surface area (Å²) in [6, 6.07) is 0. The lowest BCUT2D eigenvalue weighted by Crippen LogP contribution is -2.25. The quantitative estimate of drug-likeness (QED) is 0.783. The van der Waals surface area contributed by atoms with Gasteiger partial charge in [0.1, 0.15) is 0 Å². The third-order valence-corrected chi connectivity index (χ3v) is 6.33. The minimum absolute atomic E-state index is 0.0760. The molecule has 0 aromatic carbocycles. The molecule has 0 aliphatic heterocycles. The van der Waals surface area contributed by atoms with Gasteiger partial charge in [-0.05, 0) is 19.3 Å². The monoisotopic (exact) mass is 317 g/mol. The molecular weight excluding hydrogens is 298 g/mol. The van der Waals surface area contributed by atoms with Crippen molar-refractivity contribution < 1.29 is 4.79 Å². The Morgan fingerprint density at radius 1 is 1.37 bits per heavy atom. The number of thioether (sulfide) groups is 2. The number of hydrogen-bond acceptors (Lipinski definition) is 6. The van der Waals surface area contributed by atoms with E-state index < -0.39 is 0 Å². The summed E-state index contributed by atoms with van der Waals surface area (Å²) in [5.41, 5.74) is 0. The van der Waals surface area contributed by atoms with Crippen LogP contribution in [0.1, 0.15) is 39.0 Å². The van der Waals surface area contributed by atoms with Crippen LogP contribution in [0.25, 0.3) is 0 Å². The van der Waals surface area contributed by atoms with Crippen LogP contribution in [0.15, 0.2) is 8.68 Å². The molecule has 1 heterocycles. The van der Waals surface area contributed by atoms with Gasteiger partial charge in [-0.15, -0.1) is 10.2 Å². The lowest BCUT2D eigenvalue weighted by molar-refractivity contribution is -0.118. The third-order valence-electron chi connectivity index (χ3n) is 2.86. The van der Waals surface area contributed by atoms with Crippen molar-refractivity contribution in [3.05, 3.63) is 0 Å². The molecule has 1 amide bonds. The molecule has 0 unspecified atom stereocenters. The summed E-state index contributed by atoms with van der Waals surface area (Å²) >= 11 is 4.94. The Bertz CT molecular complexity index is 405. The van der Waals surface area contributed by atoms with Gasteiger partial charge in [0, 0.05) is 11.8 Å². The van der Waals surface area contributed by atoms with Crippen LogP contribution >= 0.6 is 34.9 Å². The molecule has 4 nitrogen and oxygen atoms in total. The average molecular weight is 318 g/mol. The van der Waals surface area contributed by atoms with Crippen molar-refractivity contribution >= 4 is 40.8 Å². The molecule has 0 radical (unpaired) electrons. The molecule has 1 fully saturated rings. The van der Waals surface area contributed by atoms with E-state index in [1.165, 1.54) is 37.4 Å². The maximum absolute atomic E-state index is 11.5. The second kappa shape index (κ2) is 8.11. The lowest BCUT2D eigenvalue weighted by atomic mass is 10.4. The topological polar surface area (TPSA) is 54.9 Å². The van der Waals surface area contributed by atoms with E-state index in [4.69, 9.17) is 0 Å². The number of nitrogens with zero attached hydrogens (tertiary/aromatic N) is 2. The van der Waals surface area contributed by atoms with E-state index in [0.29, 0.717) is 5.75 Å².